The molecule has 0 saturated heterocycles. The van der Waals surface area contributed by atoms with E-state index in [9.17, 15) is 0 Å². The molecule has 1 heterocycles. The van der Waals surface area contributed by atoms with Crippen LogP contribution in [0.3, 0.4) is 0 Å². The predicted octanol–water partition coefficient (Wildman–Crippen LogP) is 12.9. The number of fused-ring (bicyclic) bond motifs is 2. The Hall–Kier alpha value is -5.37. The molecule has 10 rings (SSSR count). The Labute approximate surface area is 273 Å². The quantitative estimate of drug-likeness (QED) is 0.184. The summed E-state index contributed by atoms with van der Waals surface area (Å²) in [5.74, 6) is 0. The molecule has 0 radical (unpaired) electrons. The topological polar surface area (TPSA) is 0 Å². The molecule has 0 unspecified atom stereocenters. The molecule has 45 heavy (non-hydrogen) atoms. The summed E-state index contributed by atoms with van der Waals surface area (Å²) >= 11 is 1.71. The first-order valence-electron chi connectivity index (χ1n) is 17.6. The molecule has 0 nitrogen and oxygen atoms in total. The molecule has 0 atom stereocenters. The molecule has 0 aromatic heterocycles. The van der Waals surface area contributed by atoms with E-state index in [-0.39, 0.29) is 35.8 Å². The van der Waals surface area contributed by atoms with Gasteiger partial charge in [0.15, 0.2) is 0 Å². The van der Waals surface area contributed by atoms with Crippen molar-refractivity contribution in [3.8, 4) is 44.5 Å². The van der Waals surface area contributed by atoms with Crippen molar-refractivity contribution in [3.05, 3.63) is 158 Å². The van der Waals surface area contributed by atoms with E-state index in [0.29, 0.717) is 5.56 Å². The van der Waals surface area contributed by atoms with Gasteiger partial charge in [-0.1, -0.05) is 145 Å². The van der Waals surface area contributed by atoms with Crippen LogP contribution in [0.1, 0.15) is 6.85 Å². The summed E-state index contributed by atoms with van der Waals surface area (Å²) in [7, 11) is 0. The summed E-state index contributed by atoms with van der Waals surface area (Å²) in [5.41, 5.74) is 7.70. The lowest BCUT2D eigenvalue weighted by Gasteiger charge is -2.22. The SMILES string of the molecule is [2H]c1c([2H])c([2H])c(-c2ccc3c4c(cccc24)-c2cc(-c4cccc(-c5ccc6ccc7cccc8ccc5c6c78)c4)ccc2S3)c([2H])c1[2H]. The van der Waals surface area contributed by atoms with E-state index in [1.165, 1.54) is 43.4 Å². The molecule has 9 aromatic carbocycles. The van der Waals surface area contributed by atoms with Crippen molar-refractivity contribution in [1.29, 1.82) is 0 Å². The van der Waals surface area contributed by atoms with Crippen LogP contribution >= 0.6 is 11.8 Å². The van der Waals surface area contributed by atoms with Gasteiger partial charge < -0.3 is 0 Å². The van der Waals surface area contributed by atoms with Gasteiger partial charge >= 0.3 is 0 Å². The molecule has 1 heteroatoms. The summed E-state index contributed by atoms with van der Waals surface area (Å²) in [5, 5.41) is 9.56. The molecule has 0 saturated carbocycles. The first-order valence-corrected chi connectivity index (χ1v) is 15.9. The molecule has 0 N–H and O–H groups in total. The van der Waals surface area contributed by atoms with Crippen LogP contribution in [0, 0.1) is 0 Å². The Morgan fingerprint density at radius 2 is 1.02 bits per heavy atom. The van der Waals surface area contributed by atoms with Crippen molar-refractivity contribution in [2.45, 2.75) is 9.79 Å². The zero-order chi connectivity index (χ0) is 33.8. The minimum Gasteiger partial charge on any atom is -0.0888 e. The van der Waals surface area contributed by atoms with E-state index < -0.39 is 0 Å². The monoisotopic (exact) mass is 591 g/mol. The fraction of sp³-hybridized carbons (Fsp3) is 0. The predicted molar refractivity (Wildman–Crippen MR) is 194 cm³/mol. The van der Waals surface area contributed by atoms with E-state index in [4.69, 9.17) is 6.85 Å². The fourth-order valence-corrected chi connectivity index (χ4v) is 8.38. The van der Waals surface area contributed by atoms with Gasteiger partial charge in [-0.15, -0.1) is 0 Å². The molecule has 1 aliphatic heterocycles. The summed E-state index contributed by atoms with van der Waals surface area (Å²) < 4.78 is 41.9. The molecule has 0 bridgehead atoms. The van der Waals surface area contributed by atoms with E-state index in [2.05, 4.69) is 103 Å². The van der Waals surface area contributed by atoms with E-state index in [0.717, 1.165) is 42.8 Å². The van der Waals surface area contributed by atoms with Gasteiger partial charge in [-0.05, 0) is 106 Å². The van der Waals surface area contributed by atoms with Gasteiger partial charge in [0.05, 0.1) is 6.85 Å². The maximum absolute atomic E-state index is 8.66. The lowest BCUT2D eigenvalue weighted by Crippen LogP contribution is -1.95. The zero-order valence-corrected chi connectivity index (χ0v) is 24.8. The van der Waals surface area contributed by atoms with Crippen LogP contribution in [-0.2, 0) is 0 Å². The Bertz CT molecular complexity index is 2870. The van der Waals surface area contributed by atoms with Gasteiger partial charge in [0, 0.05) is 15.2 Å². The van der Waals surface area contributed by atoms with Gasteiger partial charge in [0.25, 0.3) is 0 Å². The second-order valence-electron chi connectivity index (χ2n) is 11.7. The van der Waals surface area contributed by atoms with Crippen molar-refractivity contribution in [2.75, 3.05) is 0 Å². The molecule has 9 aromatic rings. The Kier molecular flexibility index (Phi) is 4.37. The first kappa shape index (κ1) is 20.6. The first-order chi connectivity index (χ1) is 24.4. The third kappa shape index (κ3) is 3.75. The number of hydrogen-bond donors (Lipinski definition) is 0. The number of benzene rings is 9. The van der Waals surface area contributed by atoms with Crippen LogP contribution in [0.4, 0.5) is 0 Å². The van der Waals surface area contributed by atoms with Crippen molar-refractivity contribution >= 4 is 54.9 Å². The Morgan fingerprint density at radius 1 is 0.378 bits per heavy atom. The molecular formula is C44H26S. The molecule has 208 valence electrons. The summed E-state index contributed by atoms with van der Waals surface area (Å²) in [6.07, 6.45) is 0. The van der Waals surface area contributed by atoms with Crippen LogP contribution in [0.15, 0.2) is 167 Å². The lowest BCUT2D eigenvalue weighted by molar-refractivity contribution is 1.39. The number of hydrogen-bond acceptors (Lipinski definition) is 1. The Balaban J connectivity index is 1.12. The normalized spacial score (nSPS) is 13.9. The van der Waals surface area contributed by atoms with E-state index in [1.807, 2.05) is 24.3 Å². The van der Waals surface area contributed by atoms with Crippen LogP contribution in [0.5, 0.6) is 0 Å². The summed E-state index contributed by atoms with van der Waals surface area (Å²) in [6.45, 7) is 0. The van der Waals surface area contributed by atoms with Gasteiger partial charge in [-0.3, -0.25) is 0 Å². The minimum absolute atomic E-state index is 0.188. The molecule has 1 aliphatic rings. The maximum Gasteiger partial charge on any atom is 0.0629 e. The molecule has 0 amide bonds. The van der Waals surface area contributed by atoms with Gasteiger partial charge in [-0.2, -0.15) is 0 Å². The average Bonchev–Trinajstić information content (AvgIpc) is 3.16. The second kappa shape index (κ2) is 9.56. The van der Waals surface area contributed by atoms with Crippen molar-refractivity contribution in [3.63, 3.8) is 0 Å². The molecule has 0 fully saturated rings. The second-order valence-corrected chi connectivity index (χ2v) is 12.8. The van der Waals surface area contributed by atoms with Crippen LogP contribution in [0.25, 0.3) is 87.6 Å². The van der Waals surface area contributed by atoms with Gasteiger partial charge in [0.1, 0.15) is 0 Å². The maximum atomic E-state index is 8.66. The van der Waals surface area contributed by atoms with Gasteiger partial charge in [-0.25, -0.2) is 0 Å². The largest absolute Gasteiger partial charge is 0.0888 e. The fourth-order valence-electron chi connectivity index (χ4n) is 7.27. The van der Waals surface area contributed by atoms with Crippen LogP contribution in [0.2, 0.25) is 0 Å². The third-order valence-electron chi connectivity index (χ3n) is 9.30. The minimum atomic E-state index is -0.383. The van der Waals surface area contributed by atoms with Crippen molar-refractivity contribution < 1.29 is 6.85 Å². The van der Waals surface area contributed by atoms with E-state index >= 15 is 0 Å². The Morgan fingerprint density at radius 3 is 1.91 bits per heavy atom. The standard InChI is InChI=1S/C44H26S/c1-2-7-27(8-3-1)34-22-24-41-44-36(34)13-6-14-37(44)39-26-32(19-23-40(39)45-41)31-11-5-12-33(25-31)35-20-17-30-16-15-28-9-4-10-29-18-21-38(35)43(30)42(28)29/h1-26H/i1D,2D,3D,7D,8D. The van der Waals surface area contributed by atoms with E-state index in [1.54, 1.807) is 11.8 Å². The lowest BCUT2D eigenvalue weighted by atomic mass is 9.88. The van der Waals surface area contributed by atoms with Gasteiger partial charge in [0.2, 0.25) is 0 Å². The third-order valence-corrected chi connectivity index (χ3v) is 10.4. The van der Waals surface area contributed by atoms with Crippen molar-refractivity contribution in [2.24, 2.45) is 0 Å². The molecule has 0 aliphatic carbocycles. The van der Waals surface area contributed by atoms with Crippen LogP contribution < -0.4 is 0 Å². The highest BCUT2D eigenvalue weighted by atomic mass is 32.2. The highest BCUT2D eigenvalue weighted by molar-refractivity contribution is 7.99. The smallest absolute Gasteiger partial charge is 0.0629 e. The zero-order valence-electron chi connectivity index (χ0n) is 29.0. The summed E-state index contributed by atoms with van der Waals surface area (Å²) in [4.78, 5) is 2.25. The molecular weight excluding hydrogens is 561 g/mol. The highest BCUT2D eigenvalue weighted by Gasteiger charge is 2.21. The summed E-state index contributed by atoms with van der Waals surface area (Å²) in [6, 6.07) is 44.0. The number of rotatable bonds is 3. The van der Waals surface area contributed by atoms with Crippen LogP contribution in [-0.4, -0.2) is 0 Å². The highest BCUT2D eigenvalue weighted by Crippen LogP contribution is 2.50. The average molecular weight is 592 g/mol. The van der Waals surface area contributed by atoms with Crippen molar-refractivity contribution in [1.82, 2.24) is 0 Å². The molecule has 0 spiro atoms.